The van der Waals surface area contributed by atoms with Crippen LogP contribution in [0.5, 0.6) is 11.5 Å². The van der Waals surface area contributed by atoms with Gasteiger partial charge in [0.2, 0.25) is 0 Å². The van der Waals surface area contributed by atoms with E-state index in [1.54, 1.807) is 25.3 Å². The van der Waals surface area contributed by atoms with Gasteiger partial charge in [-0.05, 0) is 55.3 Å². The highest BCUT2D eigenvalue weighted by Crippen LogP contribution is 2.33. The Morgan fingerprint density at radius 3 is 2.67 bits per heavy atom. The molecule has 0 spiro atoms. The third-order valence-corrected chi connectivity index (χ3v) is 5.65. The monoisotopic (exact) mass is 448 g/mol. The van der Waals surface area contributed by atoms with Crippen molar-refractivity contribution in [2.45, 2.75) is 20.3 Å². The molecule has 0 saturated heterocycles. The molecule has 2 aromatic carbocycles. The van der Waals surface area contributed by atoms with E-state index in [2.05, 4.69) is 4.99 Å². The zero-order valence-corrected chi connectivity index (χ0v) is 18.5. The third kappa shape index (κ3) is 4.79. The second-order valence-electron chi connectivity index (χ2n) is 6.35. The molecule has 158 valence electrons. The highest BCUT2D eigenvalue weighted by molar-refractivity contribution is 8.14. The Labute approximate surface area is 184 Å². The van der Waals surface area contributed by atoms with Crippen molar-refractivity contribution in [3.05, 3.63) is 58.5 Å². The molecule has 0 radical (unpaired) electrons. The number of nitrogens with zero attached hydrogens (tertiary/aromatic N) is 2. The maximum atomic E-state index is 13.6. The molecule has 30 heavy (non-hydrogen) atoms. The fraction of sp³-hybridized carbons (Fsp3) is 0.273. The van der Waals surface area contributed by atoms with E-state index in [4.69, 9.17) is 21.1 Å². The lowest BCUT2D eigenvalue weighted by Gasteiger charge is -2.18. The number of aliphatic imine (C=N–C) groups is 1. The van der Waals surface area contributed by atoms with Gasteiger partial charge in [0.25, 0.3) is 5.91 Å². The van der Waals surface area contributed by atoms with Crippen LogP contribution in [0.3, 0.4) is 0 Å². The van der Waals surface area contributed by atoms with Gasteiger partial charge in [-0.25, -0.2) is 9.38 Å². The van der Waals surface area contributed by atoms with Gasteiger partial charge in [0, 0.05) is 5.75 Å². The minimum absolute atomic E-state index is 0.0474. The summed E-state index contributed by atoms with van der Waals surface area (Å²) in [4.78, 5) is 19.1. The number of carbonyl (C=O) groups excluding carboxylic acids is 1. The van der Waals surface area contributed by atoms with Crippen LogP contribution in [0, 0.1) is 5.82 Å². The number of ether oxygens (including phenoxy) is 2. The SMILES string of the molecule is CCCSC1=NC(=Cc2ccc(OCC)c(OC)c2)C(=O)N1c1ccc(F)c(Cl)c1. The van der Waals surface area contributed by atoms with E-state index in [0.717, 1.165) is 17.7 Å². The van der Waals surface area contributed by atoms with Crippen LogP contribution < -0.4 is 14.4 Å². The summed E-state index contributed by atoms with van der Waals surface area (Å²) in [6, 6.07) is 9.61. The molecule has 1 amide bonds. The van der Waals surface area contributed by atoms with Crippen molar-refractivity contribution in [3.8, 4) is 11.5 Å². The van der Waals surface area contributed by atoms with Crippen LogP contribution in [-0.4, -0.2) is 30.5 Å². The molecule has 0 N–H and O–H groups in total. The van der Waals surface area contributed by atoms with E-state index in [0.29, 0.717) is 29.0 Å². The molecule has 1 aliphatic rings. The zero-order chi connectivity index (χ0) is 21.7. The number of rotatable bonds is 7. The van der Waals surface area contributed by atoms with Crippen molar-refractivity contribution in [2.24, 2.45) is 4.99 Å². The summed E-state index contributed by atoms with van der Waals surface area (Å²) in [5.41, 5.74) is 1.50. The Kier molecular flexibility index (Phi) is 7.39. The number of anilines is 1. The predicted octanol–water partition coefficient (Wildman–Crippen LogP) is 5.77. The van der Waals surface area contributed by atoms with Crippen molar-refractivity contribution >= 4 is 46.2 Å². The molecule has 0 fully saturated rings. The van der Waals surface area contributed by atoms with Crippen LogP contribution in [-0.2, 0) is 4.79 Å². The summed E-state index contributed by atoms with van der Waals surface area (Å²) >= 11 is 7.40. The van der Waals surface area contributed by atoms with Crippen LogP contribution in [0.1, 0.15) is 25.8 Å². The first-order chi connectivity index (χ1) is 14.5. The number of hydrogen-bond donors (Lipinski definition) is 0. The number of benzene rings is 2. The molecule has 2 aromatic rings. The number of halogens is 2. The van der Waals surface area contributed by atoms with Gasteiger partial charge in [-0.1, -0.05) is 36.4 Å². The molecular weight excluding hydrogens is 427 g/mol. The molecule has 1 aliphatic heterocycles. The number of hydrogen-bond acceptors (Lipinski definition) is 5. The fourth-order valence-corrected chi connectivity index (χ4v) is 3.89. The largest absolute Gasteiger partial charge is 0.493 e. The third-order valence-electron chi connectivity index (χ3n) is 4.22. The van der Waals surface area contributed by atoms with Crippen molar-refractivity contribution < 1.29 is 18.7 Å². The van der Waals surface area contributed by atoms with E-state index in [1.165, 1.54) is 34.9 Å². The van der Waals surface area contributed by atoms with Gasteiger partial charge in [-0.15, -0.1) is 0 Å². The Balaban J connectivity index is 1.98. The van der Waals surface area contributed by atoms with Crippen LogP contribution in [0.15, 0.2) is 47.1 Å². The number of amidine groups is 1. The summed E-state index contributed by atoms with van der Waals surface area (Å²) in [6.07, 6.45) is 2.61. The maximum absolute atomic E-state index is 13.6. The smallest absolute Gasteiger partial charge is 0.283 e. The summed E-state index contributed by atoms with van der Waals surface area (Å²) in [5, 5.41) is 0.488. The van der Waals surface area contributed by atoms with E-state index in [9.17, 15) is 9.18 Å². The molecule has 0 bridgehead atoms. The van der Waals surface area contributed by atoms with E-state index < -0.39 is 5.82 Å². The lowest BCUT2D eigenvalue weighted by Crippen LogP contribution is -2.30. The topological polar surface area (TPSA) is 51.1 Å². The summed E-state index contributed by atoms with van der Waals surface area (Å²) < 4.78 is 24.5. The lowest BCUT2D eigenvalue weighted by molar-refractivity contribution is -0.113. The molecule has 0 aromatic heterocycles. The van der Waals surface area contributed by atoms with Gasteiger partial charge in [0.05, 0.1) is 24.4 Å². The normalized spacial score (nSPS) is 15.0. The quantitative estimate of drug-likeness (QED) is 0.504. The van der Waals surface area contributed by atoms with Crippen LogP contribution >= 0.6 is 23.4 Å². The minimum Gasteiger partial charge on any atom is -0.493 e. The average Bonchev–Trinajstić information content (AvgIpc) is 3.04. The van der Waals surface area contributed by atoms with E-state index in [1.807, 2.05) is 19.9 Å². The zero-order valence-electron chi connectivity index (χ0n) is 16.9. The number of carbonyl (C=O) groups is 1. The van der Waals surface area contributed by atoms with Crippen LogP contribution in [0.25, 0.3) is 6.08 Å². The van der Waals surface area contributed by atoms with Gasteiger partial charge >= 0.3 is 0 Å². The van der Waals surface area contributed by atoms with Crippen LogP contribution in [0.4, 0.5) is 10.1 Å². The average molecular weight is 449 g/mol. The highest BCUT2D eigenvalue weighted by atomic mass is 35.5. The Hall–Kier alpha value is -2.51. The highest BCUT2D eigenvalue weighted by Gasteiger charge is 2.32. The second-order valence-corrected chi connectivity index (χ2v) is 7.82. The summed E-state index contributed by atoms with van der Waals surface area (Å²) in [6.45, 7) is 4.46. The predicted molar refractivity (Wildman–Crippen MR) is 121 cm³/mol. The standard InChI is InChI=1S/C22H22ClFN2O3S/c1-4-10-30-22-25-18(11-14-6-9-19(29-5-2)20(12-14)28-3)21(27)26(22)15-7-8-17(24)16(23)13-15/h6-9,11-13H,4-5,10H2,1-3H3. The van der Waals surface area contributed by atoms with E-state index in [-0.39, 0.29) is 16.6 Å². The maximum Gasteiger partial charge on any atom is 0.283 e. The number of amides is 1. The molecule has 0 unspecified atom stereocenters. The number of thioether (sulfide) groups is 1. The first-order valence-electron chi connectivity index (χ1n) is 9.52. The number of methoxy groups -OCH3 is 1. The van der Waals surface area contributed by atoms with Gasteiger partial charge in [-0.2, -0.15) is 0 Å². The molecule has 0 atom stereocenters. The van der Waals surface area contributed by atoms with Gasteiger partial charge in [0.1, 0.15) is 11.5 Å². The van der Waals surface area contributed by atoms with Crippen LogP contribution in [0.2, 0.25) is 5.02 Å². The Bertz CT molecular complexity index is 1010. The van der Waals surface area contributed by atoms with Gasteiger partial charge < -0.3 is 9.47 Å². The molecular formula is C22H22ClFN2O3S. The Morgan fingerprint density at radius 2 is 2.00 bits per heavy atom. The Morgan fingerprint density at radius 1 is 1.20 bits per heavy atom. The van der Waals surface area contributed by atoms with Gasteiger partial charge in [0.15, 0.2) is 16.7 Å². The molecule has 8 heteroatoms. The molecule has 0 saturated carbocycles. The van der Waals surface area contributed by atoms with Gasteiger partial charge in [-0.3, -0.25) is 9.69 Å². The first-order valence-corrected chi connectivity index (χ1v) is 10.9. The molecule has 1 heterocycles. The summed E-state index contributed by atoms with van der Waals surface area (Å²) in [7, 11) is 1.56. The molecule has 5 nitrogen and oxygen atoms in total. The minimum atomic E-state index is -0.538. The van der Waals surface area contributed by atoms with Crippen molar-refractivity contribution in [3.63, 3.8) is 0 Å². The molecule has 0 aliphatic carbocycles. The van der Waals surface area contributed by atoms with Crippen molar-refractivity contribution in [1.29, 1.82) is 0 Å². The fourth-order valence-electron chi connectivity index (χ4n) is 2.84. The van der Waals surface area contributed by atoms with Crippen molar-refractivity contribution in [2.75, 3.05) is 24.4 Å². The van der Waals surface area contributed by atoms with E-state index >= 15 is 0 Å². The van der Waals surface area contributed by atoms with Crippen molar-refractivity contribution in [1.82, 2.24) is 0 Å². The second kappa shape index (κ2) is 10.00. The first kappa shape index (κ1) is 22.2. The summed E-state index contributed by atoms with van der Waals surface area (Å²) in [5.74, 6) is 1.16. The lowest BCUT2D eigenvalue weighted by atomic mass is 10.1. The molecule has 3 rings (SSSR count).